The summed E-state index contributed by atoms with van der Waals surface area (Å²) < 4.78 is 7.04. The van der Waals surface area contributed by atoms with Crippen molar-refractivity contribution in [2.45, 2.75) is 0 Å². The van der Waals surface area contributed by atoms with Crippen LogP contribution in [0.3, 0.4) is 0 Å². The summed E-state index contributed by atoms with van der Waals surface area (Å²) in [6.45, 7) is 0. The minimum Gasteiger partial charge on any atom is -0.309 e. The Balaban J connectivity index is 1.06. The first-order valence-corrected chi connectivity index (χ1v) is 18.6. The zero-order valence-corrected chi connectivity index (χ0v) is 30.2. The SMILES string of the molecule is In1c2ccc(-c3ccc4c(c3)c3ccccc3n4-c3ccccc3)cc2c2cc(-c3ccc4c(c3)c3ccccc3n4-c3ccccc3)ccc21. The minimum atomic E-state index is 1.18. The fourth-order valence-electron chi connectivity index (χ4n) is 8.35. The maximum atomic E-state index is 2.45. The first-order valence-electron chi connectivity index (χ1n) is 17.6. The van der Waals surface area contributed by atoms with Crippen molar-refractivity contribution in [1.82, 2.24) is 11.9 Å². The molecule has 11 rings (SSSR count). The third-order valence-corrected chi connectivity index (χ3v) is 11.8. The predicted octanol–water partition coefficient (Wildman–Crippen LogP) is 13.5. The summed E-state index contributed by atoms with van der Waals surface area (Å²) >= 11 is 2.45. The first-order chi connectivity index (χ1) is 25.7. The number of aromatic nitrogens is 3. The summed E-state index contributed by atoms with van der Waals surface area (Å²) in [7, 11) is 0. The van der Waals surface area contributed by atoms with Crippen molar-refractivity contribution in [3.8, 4) is 33.6 Å². The maximum Gasteiger partial charge on any atom is 0.0646 e. The van der Waals surface area contributed by atoms with E-state index in [9.17, 15) is 0 Å². The number of benzene rings is 8. The molecule has 3 aromatic heterocycles. The lowest BCUT2D eigenvalue weighted by Gasteiger charge is -2.08. The van der Waals surface area contributed by atoms with Gasteiger partial charge in [0, 0.05) is 43.7 Å². The molecule has 4 heteroatoms. The summed E-state index contributed by atoms with van der Waals surface area (Å²) in [5.41, 5.74) is 14.5. The average Bonchev–Trinajstić information content (AvgIpc) is 3.83. The molecule has 0 aliphatic carbocycles. The summed E-state index contributed by atoms with van der Waals surface area (Å²) in [5, 5.41) is 7.58. The van der Waals surface area contributed by atoms with Gasteiger partial charge in [-0.15, -0.1) is 0 Å². The second-order valence-electron chi connectivity index (χ2n) is 13.6. The van der Waals surface area contributed by atoms with Crippen LogP contribution in [-0.2, 0) is 0 Å². The van der Waals surface area contributed by atoms with Crippen LogP contribution >= 0.6 is 22.9 Å². The maximum absolute atomic E-state index is 2.45. The summed E-state index contributed by atoms with van der Waals surface area (Å²) in [5.74, 6) is 0. The lowest BCUT2D eigenvalue weighted by molar-refractivity contribution is 1.18. The number of nitrogens with zero attached hydrogens (tertiary/aromatic N) is 3. The largest absolute Gasteiger partial charge is 0.309 e. The van der Waals surface area contributed by atoms with Crippen molar-refractivity contribution < 1.29 is 0 Å². The van der Waals surface area contributed by atoms with E-state index in [1.807, 2.05) is 0 Å². The van der Waals surface area contributed by atoms with Gasteiger partial charge in [0.15, 0.2) is 0 Å². The Kier molecular flexibility index (Phi) is 6.52. The molecule has 0 bridgehead atoms. The highest BCUT2D eigenvalue weighted by atomic mass is 127. The van der Waals surface area contributed by atoms with Gasteiger partial charge in [-0.3, -0.25) is 2.78 Å². The zero-order chi connectivity index (χ0) is 34.3. The molecule has 0 unspecified atom stereocenters. The highest BCUT2D eigenvalue weighted by Gasteiger charge is 2.17. The van der Waals surface area contributed by atoms with Crippen LogP contribution in [0, 0.1) is 0 Å². The van der Waals surface area contributed by atoms with Crippen LogP contribution in [0.2, 0.25) is 0 Å². The van der Waals surface area contributed by atoms with Crippen LogP contribution in [0.15, 0.2) is 182 Å². The molecule has 0 aliphatic rings. The van der Waals surface area contributed by atoms with Crippen molar-refractivity contribution in [2.24, 2.45) is 0 Å². The van der Waals surface area contributed by atoms with Gasteiger partial charge in [-0.25, -0.2) is 0 Å². The number of halogens is 1. The molecule has 3 nitrogen and oxygen atoms in total. The lowest BCUT2D eigenvalue weighted by atomic mass is 9.98. The van der Waals surface area contributed by atoms with E-state index in [-0.39, 0.29) is 0 Å². The number of hydrogen-bond donors (Lipinski definition) is 0. The van der Waals surface area contributed by atoms with E-state index in [0.29, 0.717) is 0 Å². The molecule has 0 N–H and O–H groups in total. The average molecular weight is 776 g/mol. The normalized spacial score (nSPS) is 11.9. The second-order valence-corrected chi connectivity index (χ2v) is 14.5. The Morgan fingerprint density at radius 3 is 0.981 bits per heavy atom. The quantitative estimate of drug-likeness (QED) is 0.158. The number of para-hydroxylation sites is 4. The van der Waals surface area contributed by atoms with E-state index in [1.165, 1.54) is 99.0 Å². The van der Waals surface area contributed by atoms with Gasteiger partial charge >= 0.3 is 0 Å². The molecular weight excluding hydrogens is 745 g/mol. The smallest absolute Gasteiger partial charge is 0.0646 e. The molecule has 0 fully saturated rings. The molecule has 0 aliphatic heterocycles. The Morgan fingerprint density at radius 1 is 0.269 bits per heavy atom. The topological polar surface area (TPSA) is 14.8 Å². The highest BCUT2D eigenvalue weighted by Crippen LogP contribution is 2.40. The summed E-state index contributed by atoms with van der Waals surface area (Å²) in [6.07, 6.45) is 0. The second kappa shape index (κ2) is 11.5. The fourth-order valence-corrected chi connectivity index (χ4v) is 9.19. The Labute approximate surface area is 314 Å². The lowest BCUT2D eigenvalue weighted by Crippen LogP contribution is -1.92. The number of fused-ring (bicyclic) bond motifs is 9. The van der Waals surface area contributed by atoms with Gasteiger partial charge in [-0.05, 0) is 107 Å². The van der Waals surface area contributed by atoms with Crippen LogP contribution in [0.25, 0.3) is 99.0 Å². The van der Waals surface area contributed by atoms with Crippen molar-refractivity contribution in [2.75, 3.05) is 0 Å². The first kappa shape index (κ1) is 29.6. The van der Waals surface area contributed by atoms with E-state index in [1.54, 1.807) is 0 Å². The van der Waals surface area contributed by atoms with Crippen LogP contribution in [0.1, 0.15) is 0 Å². The Bertz CT molecular complexity index is 2970. The van der Waals surface area contributed by atoms with Crippen molar-refractivity contribution in [3.63, 3.8) is 0 Å². The molecule has 244 valence electrons. The molecule has 3 heterocycles. The predicted molar refractivity (Wildman–Crippen MR) is 228 cm³/mol. The van der Waals surface area contributed by atoms with E-state index < -0.39 is 0 Å². The minimum absolute atomic E-state index is 1.18. The summed E-state index contributed by atoms with van der Waals surface area (Å²) in [4.78, 5) is 0. The third kappa shape index (κ3) is 4.37. The monoisotopic (exact) mass is 775 g/mol. The number of rotatable bonds is 4. The summed E-state index contributed by atoms with van der Waals surface area (Å²) in [6, 6.07) is 66.5. The van der Waals surface area contributed by atoms with Crippen LogP contribution in [-0.4, -0.2) is 11.9 Å². The molecule has 0 atom stereocenters. The highest BCUT2D eigenvalue weighted by molar-refractivity contribution is 14.1. The molecule has 11 aromatic rings. The van der Waals surface area contributed by atoms with E-state index >= 15 is 0 Å². The van der Waals surface area contributed by atoms with Gasteiger partial charge in [-0.2, -0.15) is 0 Å². The van der Waals surface area contributed by atoms with Crippen molar-refractivity contribution in [1.29, 1.82) is 0 Å². The van der Waals surface area contributed by atoms with Gasteiger partial charge in [0.2, 0.25) is 0 Å². The molecule has 0 saturated carbocycles. The van der Waals surface area contributed by atoms with Crippen LogP contribution < -0.4 is 0 Å². The van der Waals surface area contributed by atoms with Gasteiger partial charge in [0.25, 0.3) is 0 Å². The Morgan fingerprint density at radius 2 is 0.577 bits per heavy atom. The van der Waals surface area contributed by atoms with Gasteiger partial charge in [0.05, 0.1) is 56.0 Å². The standard InChI is InChI=1S/C48H30IN3/c49-52-47-25-21-33(31-19-23-45-39(27-31)37-15-7-9-17-43(37)50(45)35-11-3-1-4-12-35)29-41(47)42-30-34(22-26-48(42)52)32-20-24-46-40(28-32)38-16-8-10-18-44(38)51(46)36-13-5-2-6-14-36/h1-30H. The molecule has 0 radical (unpaired) electrons. The van der Waals surface area contributed by atoms with E-state index in [0.717, 1.165) is 0 Å². The van der Waals surface area contributed by atoms with Crippen LogP contribution in [0.4, 0.5) is 0 Å². The van der Waals surface area contributed by atoms with Gasteiger partial charge in [-0.1, -0.05) is 97.1 Å². The van der Waals surface area contributed by atoms with Crippen molar-refractivity contribution >= 4 is 88.3 Å². The van der Waals surface area contributed by atoms with Crippen LogP contribution in [0.5, 0.6) is 0 Å². The number of hydrogen-bond acceptors (Lipinski definition) is 0. The van der Waals surface area contributed by atoms with E-state index in [2.05, 4.69) is 217 Å². The Hall–Kier alpha value is -6.11. The molecule has 8 aromatic carbocycles. The third-order valence-electron chi connectivity index (χ3n) is 10.7. The molecular formula is C48H30IN3. The zero-order valence-electron chi connectivity index (χ0n) is 28.0. The fraction of sp³-hybridized carbons (Fsp3) is 0. The molecule has 0 saturated heterocycles. The van der Waals surface area contributed by atoms with Crippen molar-refractivity contribution in [3.05, 3.63) is 182 Å². The molecule has 0 amide bonds. The van der Waals surface area contributed by atoms with Gasteiger partial charge < -0.3 is 9.13 Å². The van der Waals surface area contributed by atoms with Gasteiger partial charge in [0.1, 0.15) is 0 Å². The molecule has 0 spiro atoms. The van der Waals surface area contributed by atoms with E-state index in [4.69, 9.17) is 0 Å². The molecule has 52 heavy (non-hydrogen) atoms.